The predicted molar refractivity (Wildman–Crippen MR) is 68.6 cm³/mol. The SMILES string of the molecule is CCN(C(=O)C1CC(CC(=O)O)C1)c1nccs1. The minimum atomic E-state index is -0.779. The number of anilines is 1. The molecule has 1 aliphatic rings. The molecule has 0 spiro atoms. The van der Waals surface area contributed by atoms with Gasteiger partial charge in [-0.2, -0.15) is 0 Å². The third-order valence-corrected chi connectivity index (χ3v) is 4.08. The Morgan fingerprint density at radius 3 is 2.78 bits per heavy atom. The van der Waals surface area contributed by atoms with Crippen LogP contribution >= 0.6 is 11.3 Å². The number of carboxylic acids is 1. The van der Waals surface area contributed by atoms with Gasteiger partial charge in [0.25, 0.3) is 0 Å². The van der Waals surface area contributed by atoms with Crippen LogP contribution in [0.1, 0.15) is 26.2 Å². The number of carbonyl (C=O) groups is 2. The molecule has 2 rings (SSSR count). The molecule has 0 bridgehead atoms. The van der Waals surface area contributed by atoms with Gasteiger partial charge in [-0.1, -0.05) is 0 Å². The van der Waals surface area contributed by atoms with Crippen molar-refractivity contribution in [3.05, 3.63) is 11.6 Å². The van der Waals surface area contributed by atoms with Crippen molar-refractivity contribution in [2.75, 3.05) is 11.4 Å². The third kappa shape index (κ3) is 2.69. The van der Waals surface area contributed by atoms with E-state index in [1.54, 1.807) is 11.1 Å². The first-order chi connectivity index (χ1) is 8.61. The van der Waals surface area contributed by atoms with Crippen molar-refractivity contribution in [3.63, 3.8) is 0 Å². The van der Waals surface area contributed by atoms with Crippen LogP contribution in [0.2, 0.25) is 0 Å². The molecule has 1 aromatic heterocycles. The Bertz CT molecular complexity index is 427. The fourth-order valence-electron chi connectivity index (χ4n) is 2.31. The summed E-state index contributed by atoms with van der Waals surface area (Å²) in [4.78, 5) is 28.6. The van der Waals surface area contributed by atoms with Gasteiger partial charge >= 0.3 is 5.97 Å². The molecule has 0 unspecified atom stereocenters. The second-order valence-corrected chi connectivity index (χ2v) is 5.40. The smallest absolute Gasteiger partial charge is 0.303 e. The number of carbonyl (C=O) groups excluding carboxylic acids is 1. The minimum absolute atomic E-state index is 0.0294. The average molecular weight is 268 g/mol. The van der Waals surface area contributed by atoms with Crippen molar-refractivity contribution < 1.29 is 14.7 Å². The van der Waals surface area contributed by atoms with Gasteiger partial charge in [0.05, 0.1) is 0 Å². The summed E-state index contributed by atoms with van der Waals surface area (Å²) in [6.07, 6.45) is 3.23. The lowest BCUT2D eigenvalue weighted by Crippen LogP contribution is -2.42. The van der Waals surface area contributed by atoms with Crippen LogP contribution in [0, 0.1) is 11.8 Å². The maximum atomic E-state index is 12.2. The minimum Gasteiger partial charge on any atom is -0.481 e. The molecule has 0 radical (unpaired) electrons. The first kappa shape index (κ1) is 13.0. The molecule has 1 aliphatic carbocycles. The lowest BCUT2D eigenvalue weighted by atomic mass is 9.72. The number of hydrogen-bond donors (Lipinski definition) is 1. The molecular weight excluding hydrogens is 252 g/mol. The zero-order valence-electron chi connectivity index (χ0n) is 10.2. The van der Waals surface area contributed by atoms with Gasteiger partial charge in [-0.25, -0.2) is 4.98 Å². The number of aromatic nitrogens is 1. The van der Waals surface area contributed by atoms with Gasteiger partial charge in [0.2, 0.25) is 5.91 Å². The number of nitrogens with zero attached hydrogens (tertiary/aromatic N) is 2. The Balaban J connectivity index is 1.91. The van der Waals surface area contributed by atoms with E-state index in [9.17, 15) is 9.59 Å². The molecule has 6 heteroatoms. The molecule has 0 saturated heterocycles. The summed E-state index contributed by atoms with van der Waals surface area (Å²) in [5, 5.41) is 11.2. The Labute approximate surface area is 109 Å². The zero-order valence-corrected chi connectivity index (χ0v) is 11.0. The number of hydrogen-bond acceptors (Lipinski definition) is 4. The fourth-order valence-corrected chi connectivity index (χ4v) is 3.02. The van der Waals surface area contributed by atoms with E-state index in [0.717, 1.165) is 5.13 Å². The lowest BCUT2D eigenvalue weighted by molar-refractivity contribution is -0.140. The molecule has 1 fully saturated rings. The van der Waals surface area contributed by atoms with Crippen LogP contribution in [-0.2, 0) is 9.59 Å². The van der Waals surface area contributed by atoms with E-state index in [0.29, 0.717) is 19.4 Å². The number of amides is 1. The van der Waals surface area contributed by atoms with Crippen molar-refractivity contribution in [1.82, 2.24) is 4.98 Å². The Morgan fingerprint density at radius 1 is 1.56 bits per heavy atom. The number of rotatable bonds is 5. The van der Waals surface area contributed by atoms with Crippen LogP contribution in [-0.4, -0.2) is 28.5 Å². The number of aliphatic carboxylic acids is 1. The summed E-state index contributed by atoms with van der Waals surface area (Å²) in [6.45, 7) is 2.53. The quantitative estimate of drug-likeness (QED) is 0.886. The largest absolute Gasteiger partial charge is 0.481 e. The molecule has 18 heavy (non-hydrogen) atoms. The van der Waals surface area contributed by atoms with Crippen molar-refractivity contribution >= 4 is 28.3 Å². The first-order valence-corrected chi connectivity index (χ1v) is 6.92. The second-order valence-electron chi connectivity index (χ2n) is 4.53. The van der Waals surface area contributed by atoms with Gasteiger partial charge in [0.1, 0.15) is 0 Å². The van der Waals surface area contributed by atoms with Gasteiger partial charge in [-0.3, -0.25) is 14.5 Å². The highest BCUT2D eigenvalue weighted by Crippen LogP contribution is 2.38. The van der Waals surface area contributed by atoms with E-state index in [4.69, 9.17) is 5.11 Å². The Kier molecular flexibility index (Phi) is 3.96. The van der Waals surface area contributed by atoms with Gasteiger partial charge < -0.3 is 5.11 Å². The van der Waals surface area contributed by atoms with Crippen LogP contribution in [0.3, 0.4) is 0 Å². The molecule has 0 aliphatic heterocycles. The van der Waals surface area contributed by atoms with Gasteiger partial charge in [-0.15, -0.1) is 11.3 Å². The highest BCUT2D eigenvalue weighted by molar-refractivity contribution is 7.13. The molecular formula is C12H16N2O3S. The van der Waals surface area contributed by atoms with Crippen LogP contribution in [0.4, 0.5) is 5.13 Å². The van der Waals surface area contributed by atoms with Gasteiger partial charge in [0, 0.05) is 30.5 Å². The normalized spacial score (nSPS) is 22.3. The van der Waals surface area contributed by atoms with Crippen LogP contribution < -0.4 is 4.90 Å². The van der Waals surface area contributed by atoms with E-state index in [1.165, 1.54) is 11.3 Å². The third-order valence-electron chi connectivity index (χ3n) is 3.28. The number of thiazole rings is 1. The molecule has 1 amide bonds. The molecule has 5 nitrogen and oxygen atoms in total. The average Bonchev–Trinajstić information content (AvgIpc) is 2.76. The molecule has 1 aromatic rings. The van der Waals surface area contributed by atoms with E-state index in [1.807, 2.05) is 12.3 Å². The van der Waals surface area contributed by atoms with Crippen molar-refractivity contribution in [2.24, 2.45) is 11.8 Å². The van der Waals surface area contributed by atoms with Crippen LogP contribution in [0.25, 0.3) is 0 Å². The van der Waals surface area contributed by atoms with Gasteiger partial charge in [0.15, 0.2) is 5.13 Å². The summed E-state index contributed by atoms with van der Waals surface area (Å²) >= 11 is 1.45. The van der Waals surface area contributed by atoms with Crippen LogP contribution in [0.5, 0.6) is 0 Å². The molecule has 0 atom stereocenters. The molecule has 1 saturated carbocycles. The predicted octanol–water partition coefficient (Wildman–Crippen LogP) is 2.00. The molecule has 0 aromatic carbocycles. The highest BCUT2D eigenvalue weighted by atomic mass is 32.1. The highest BCUT2D eigenvalue weighted by Gasteiger charge is 2.38. The van der Waals surface area contributed by atoms with E-state index < -0.39 is 5.97 Å². The summed E-state index contributed by atoms with van der Waals surface area (Å²) < 4.78 is 0. The van der Waals surface area contributed by atoms with E-state index in [-0.39, 0.29) is 24.2 Å². The van der Waals surface area contributed by atoms with Gasteiger partial charge in [-0.05, 0) is 25.7 Å². The topological polar surface area (TPSA) is 70.5 Å². The fraction of sp³-hybridized carbons (Fsp3) is 0.583. The van der Waals surface area contributed by atoms with Crippen molar-refractivity contribution in [3.8, 4) is 0 Å². The van der Waals surface area contributed by atoms with Crippen LogP contribution in [0.15, 0.2) is 11.6 Å². The number of carboxylic acid groups (broad SMARTS) is 1. The first-order valence-electron chi connectivity index (χ1n) is 6.04. The lowest BCUT2D eigenvalue weighted by Gasteiger charge is -2.35. The van der Waals surface area contributed by atoms with Crippen molar-refractivity contribution in [2.45, 2.75) is 26.2 Å². The maximum Gasteiger partial charge on any atom is 0.303 e. The standard InChI is InChI=1S/C12H16N2O3S/c1-2-14(12-13-3-4-18-12)11(17)9-5-8(6-9)7-10(15)16/h3-4,8-9H,2,5-7H2,1H3,(H,15,16). The van der Waals surface area contributed by atoms with E-state index >= 15 is 0 Å². The molecule has 1 heterocycles. The summed E-state index contributed by atoms with van der Waals surface area (Å²) in [5.41, 5.74) is 0. The second kappa shape index (κ2) is 5.48. The molecule has 98 valence electrons. The summed E-state index contributed by atoms with van der Waals surface area (Å²) in [6, 6.07) is 0. The summed E-state index contributed by atoms with van der Waals surface area (Å²) in [5.74, 6) is -0.572. The molecule has 1 N–H and O–H groups in total. The Hall–Kier alpha value is -1.43. The zero-order chi connectivity index (χ0) is 13.1. The van der Waals surface area contributed by atoms with E-state index in [2.05, 4.69) is 4.98 Å². The monoisotopic (exact) mass is 268 g/mol. The Morgan fingerprint density at radius 2 is 2.28 bits per heavy atom. The maximum absolute atomic E-state index is 12.2. The summed E-state index contributed by atoms with van der Waals surface area (Å²) in [7, 11) is 0. The van der Waals surface area contributed by atoms with Crippen molar-refractivity contribution in [1.29, 1.82) is 0 Å².